The Labute approximate surface area is 165 Å². The SMILES string of the molecule is C[Si](C)(CCCO)CCOC(=O)NCCCNCCCCCCCC(=O)O. The number of ether oxygens (including phenoxy) is 1. The zero-order valence-electron chi connectivity index (χ0n) is 17.2. The highest BCUT2D eigenvalue weighted by molar-refractivity contribution is 6.77. The van der Waals surface area contributed by atoms with Gasteiger partial charge in [-0.2, -0.15) is 0 Å². The Morgan fingerprint density at radius 1 is 0.889 bits per heavy atom. The minimum Gasteiger partial charge on any atom is -0.481 e. The van der Waals surface area contributed by atoms with E-state index in [-0.39, 0.29) is 19.1 Å². The monoisotopic (exact) mass is 404 g/mol. The molecule has 0 aromatic heterocycles. The molecule has 0 unspecified atom stereocenters. The summed E-state index contributed by atoms with van der Waals surface area (Å²) < 4.78 is 5.23. The molecule has 0 fully saturated rings. The number of amides is 1. The van der Waals surface area contributed by atoms with Gasteiger partial charge in [0.05, 0.1) is 14.7 Å². The smallest absolute Gasteiger partial charge is 0.407 e. The third-order valence-electron chi connectivity index (χ3n) is 4.57. The van der Waals surface area contributed by atoms with Crippen LogP contribution in [-0.2, 0) is 9.53 Å². The number of nitrogens with one attached hydrogen (secondary N) is 2. The number of carbonyl (C=O) groups is 2. The summed E-state index contributed by atoms with van der Waals surface area (Å²) in [4.78, 5) is 22.0. The van der Waals surface area contributed by atoms with Gasteiger partial charge in [0, 0.05) is 19.6 Å². The van der Waals surface area contributed by atoms with Gasteiger partial charge >= 0.3 is 12.1 Å². The minimum absolute atomic E-state index is 0.235. The molecule has 0 aliphatic carbocycles. The van der Waals surface area contributed by atoms with Crippen molar-refractivity contribution in [1.82, 2.24) is 10.6 Å². The summed E-state index contributed by atoms with van der Waals surface area (Å²) in [7, 11) is -1.37. The summed E-state index contributed by atoms with van der Waals surface area (Å²) in [6.45, 7) is 7.63. The molecule has 8 heteroatoms. The van der Waals surface area contributed by atoms with E-state index in [1.165, 1.54) is 0 Å². The minimum atomic E-state index is -1.37. The predicted molar refractivity (Wildman–Crippen MR) is 111 cm³/mol. The number of alkyl carbamates (subject to hydrolysis) is 1. The van der Waals surface area contributed by atoms with Crippen LogP contribution in [0.4, 0.5) is 4.79 Å². The van der Waals surface area contributed by atoms with Crippen LogP contribution in [-0.4, -0.2) is 63.2 Å². The van der Waals surface area contributed by atoms with Gasteiger partial charge in [-0.15, -0.1) is 0 Å². The lowest BCUT2D eigenvalue weighted by Crippen LogP contribution is -2.31. The summed E-state index contributed by atoms with van der Waals surface area (Å²) in [5.41, 5.74) is 0. The lowest BCUT2D eigenvalue weighted by atomic mass is 10.1. The fourth-order valence-electron chi connectivity index (χ4n) is 2.74. The van der Waals surface area contributed by atoms with Crippen molar-refractivity contribution in [2.75, 3.05) is 32.8 Å². The van der Waals surface area contributed by atoms with Gasteiger partial charge in [-0.05, 0) is 44.8 Å². The molecule has 0 radical (unpaired) electrons. The number of carboxylic acids is 1. The quantitative estimate of drug-likeness (QED) is 0.206. The highest BCUT2D eigenvalue weighted by atomic mass is 28.3. The first-order valence-electron chi connectivity index (χ1n) is 10.3. The molecule has 1 amide bonds. The Kier molecular flexibility index (Phi) is 16.3. The number of carboxylic acid groups (broad SMARTS) is 1. The van der Waals surface area contributed by atoms with Crippen molar-refractivity contribution >= 4 is 20.1 Å². The molecule has 0 saturated heterocycles. The molecular formula is C19H40N2O5Si. The second kappa shape index (κ2) is 17.0. The van der Waals surface area contributed by atoms with Crippen molar-refractivity contribution in [2.24, 2.45) is 0 Å². The molecular weight excluding hydrogens is 364 g/mol. The number of aliphatic hydroxyl groups excluding tert-OH is 1. The molecule has 27 heavy (non-hydrogen) atoms. The van der Waals surface area contributed by atoms with Crippen LogP contribution in [0.1, 0.15) is 51.4 Å². The van der Waals surface area contributed by atoms with E-state index in [0.29, 0.717) is 13.2 Å². The molecule has 0 saturated carbocycles. The molecule has 0 atom stereocenters. The maximum Gasteiger partial charge on any atom is 0.407 e. The highest BCUT2D eigenvalue weighted by Gasteiger charge is 2.20. The average Bonchev–Trinajstić information content (AvgIpc) is 2.60. The molecule has 160 valence electrons. The van der Waals surface area contributed by atoms with Crippen LogP contribution in [0, 0.1) is 0 Å². The maximum absolute atomic E-state index is 11.6. The van der Waals surface area contributed by atoms with Crippen LogP contribution in [0.5, 0.6) is 0 Å². The average molecular weight is 405 g/mol. The van der Waals surface area contributed by atoms with Crippen molar-refractivity contribution in [3.05, 3.63) is 0 Å². The first-order valence-corrected chi connectivity index (χ1v) is 13.7. The van der Waals surface area contributed by atoms with Gasteiger partial charge < -0.3 is 25.6 Å². The zero-order valence-corrected chi connectivity index (χ0v) is 18.2. The van der Waals surface area contributed by atoms with Crippen molar-refractivity contribution in [3.8, 4) is 0 Å². The number of rotatable bonds is 18. The normalized spacial score (nSPS) is 11.4. The molecule has 0 aliphatic rings. The molecule has 0 bridgehead atoms. The van der Waals surface area contributed by atoms with E-state index in [2.05, 4.69) is 23.7 Å². The lowest BCUT2D eigenvalue weighted by Gasteiger charge is -2.21. The second-order valence-corrected chi connectivity index (χ2v) is 13.1. The second-order valence-electron chi connectivity index (χ2n) is 7.82. The molecule has 0 spiro atoms. The van der Waals surface area contributed by atoms with Crippen molar-refractivity contribution < 1.29 is 24.5 Å². The number of aliphatic carboxylic acids is 1. The molecule has 4 N–H and O–H groups in total. The van der Waals surface area contributed by atoms with E-state index in [1.807, 2.05) is 0 Å². The van der Waals surface area contributed by atoms with E-state index in [9.17, 15) is 9.59 Å². The number of carbonyl (C=O) groups excluding carboxylic acids is 1. The summed E-state index contributed by atoms with van der Waals surface area (Å²) >= 11 is 0. The topological polar surface area (TPSA) is 108 Å². The third-order valence-corrected chi connectivity index (χ3v) is 7.83. The first-order chi connectivity index (χ1) is 12.9. The van der Waals surface area contributed by atoms with Gasteiger partial charge in [0.15, 0.2) is 0 Å². The predicted octanol–water partition coefficient (Wildman–Crippen LogP) is 3.21. The zero-order chi connectivity index (χ0) is 20.4. The Balaban J connectivity index is 3.35. The fraction of sp³-hybridized carbons (Fsp3) is 0.895. The Morgan fingerprint density at radius 3 is 2.26 bits per heavy atom. The number of unbranched alkanes of at least 4 members (excludes halogenated alkanes) is 4. The van der Waals surface area contributed by atoms with E-state index in [1.54, 1.807) is 0 Å². The third kappa shape index (κ3) is 19.4. The van der Waals surface area contributed by atoms with Gasteiger partial charge in [0.2, 0.25) is 0 Å². The molecule has 0 aromatic carbocycles. The molecule has 0 rings (SSSR count). The van der Waals surface area contributed by atoms with Gasteiger partial charge in [-0.25, -0.2) is 4.79 Å². The molecule has 0 aromatic rings. The van der Waals surface area contributed by atoms with Gasteiger partial charge in [-0.1, -0.05) is 38.4 Å². The highest BCUT2D eigenvalue weighted by Crippen LogP contribution is 2.17. The van der Waals surface area contributed by atoms with Crippen LogP contribution in [0.3, 0.4) is 0 Å². The summed E-state index contributed by atoms with van der Waals surface area (Å²) in [5, 5.41) is 23.6. The van der Waals surface area contributed by atoms with Crippen LogP contribution in [0.25, 0.3) is 0 Å². The number of hydrogen-bond acceptors (Lipinski definition) is 5. The molecule has 7 nitrogen and oxygen atoms in total. The van der Waals surface area contributed by atoms with Crippen molar-refractivity contribution in [2.45, 2.75) is 76.5 Å². The molecule has 0 heterocycles. The maximum atomic E-state index is 11.6. The molecule has 0 aliphatic heterocycles. The van der Waals surface area contributed by atoms with E-state index in [4.69, 9.17) is 14.9 Å². The van der Waals surface area contributed by atoms with Crippen molar-refractivity contribution in [1.29, 1.82) is 0 Å². The largest absolute Gasteiger partial charge is 0.481 e. The Morgan fingerprint density at radius 2 is 1.56 bits per heavy atom. The van der Waals surface area contributed by atoms with Crippen LogP contribution in [0.2, 0.25) is 25.2 Å². The summed E-state index contributed by atoms with van der Waals surface area (Å²) in [6, 6.07) is 1.99. The van der Waals surface area contributed by atoms with E-state index >= 15 is 0 Å². The van der Waals surface area contributed by atoms with E-state index in [0.717, 1.165) is 70.1 Å². The van der Waals surface area contributed by atoms with Crippen molar-refractivity contribution in [3.63, 3.8) is 0 Å². The summed E-state index contributed by atoms with van der Waals surface area (Å²) in [6.07, 6.45) is 6.69. The first kappa shape index (κ1) is 25.9. The number of hydrogen-bond donors (Lipinski definition) is 4. The Bertz CT molecular complexity index is 394. The van der Waals surface area contributed by atoms with Crippen LogP contribution in [0.15, 0.2) is 0 Å². The van der Waals surface area contributed by atoms with Gasteiger partial charge in [0.25, 0.3) is 0 Å². The van der Waals surface area contributed by atoms with E-state index < -0.39 is 14.0 Å². The standard InChI is InChI=1S/C19H40N2O5Si/c1-27(2,16-9-14-22)17-15-26-19(25)21-13-8-12-20-11-7-5-3-4-6-10-18(23)24/h20,22H,3-17H2,1-2H3,(H,21,25)(H,23,24). The Hall–Kier alpha value is -1.12. The van der Waals surface area contributed by atoms with Gasteiger partial charge in [-0.3, -0.25) is 4.79 Å². The number of aliphatic hydroxyl groups is 1. The lowest BCUT2D eigenvalue weighted by molar-refractivity contribution is -0.137. The van der Waals surface area contributed by atoms with Gasteiger partial charge in [0.1, 0.15) is 0 Å². The van der Waals surface area contributed by atoms with Crippen LogP contribution >= 0.6 is 0 Å². The summed E-state index contributed by atoms with van der Waals surface area (Å²) in [5.74, 6) is -0.710. The van der Waals surface area contributed by atoms with Crippen LogP contribution < -0.4 is 10.6 Å². The fourth-order valence-corrected chi connectivity index (χ4v) is 4.76.